The van der Waals surface area contributed by atoms with Gasteiger partial charge in [0.1, 0.15) is 12.0 Å². The van der Waals surface area contributed by atoms with Crippen molar-refractivity contribution < 1.29 is 19.4 Å². The van der Waals surface area contributed by atoms with Gasteiger partial charge in [-0.15, -0.1) is 0 Å². The normalized spacial score (nSPS) is 20.9. The van der Waals surface area contributed by atoms with Crippen molar-refractivity contribution in [3.05, 3.63) is 54.1 Å². The molecule has 1 aromatic heterocycles. The molecule has 0 bridgehead atoms. The molecule has 0 unspecified atom stereocenters. The maximum absolute atomic E-state index is 12.6. The zero-order valence-electron chi connectivity index (χ0n) is 16.4. The Kier molecular flexibility index (Phi) is 5.35. The first-order chi connectivity index (χ1) is 14.5. The van der Waals surface area contributed by atoms with Crippen molar-refractivity contribution >= 4 is 17.5 Å². The summed E-state index contributed by atoms with van der Waals surface area (Å²) in [6.07, 6.45) is 3.09. The number of anilines is 1. The first kappa shape index (κ1) is 19.8. The van der Waals surface area contributed by atoms with Gasteiger partial charge in [0.05, 0.1) is 24.9 Å². The lowest BCUT2D eigenvalue weighted by Crippen LogP contribution is -2.57. The van der Waals surface area contributed by atoms with E-state index in [0.29, 0.717) is 31.0 Å². The molecule has 0 radical (unpaired) electrons. The number of nitrogens with zero attached hydrogens (tertiary/aromatic N) is 4. The molecule has 0 spiro atoms. The minimum atomic E-state index is -1.66. The lowest BCUT2D eigenvalue weighted by Gasteiger charge is -2.38. The Morgan fingerprint density at radius 3 is 2.87 bits per heavy atom. The van der Waals surface area contributed by atoms with E-state index in [4.69, 9.17) is 4.74 Å². The molecule has 0 saturated carbocycles. The summed E-state index contributed by atoms with van der Waals surface area (Å²) in [5, 5.41) is 12.2. The van der Waals surface area contributed by atoms with Gasteiger partial charge in [0, 0.05) is 31.8 Å². The van der Waals surface area contributed by atoms with Crippen LogP contribution in [-0.2, 0) is 9.53 Å². The van der Waals surface area contributed by atoms with Gasteiger partial charge in [0.15, 0.2) is 0 Å². The highest BCUT2D eigenvalue weighted by Crippen LogP contribution is 2.23. The summed E-state index contributed by atoms with van der Waals surface area (Å²) in [5.41, 5.74) is 2.77. The lowest BCUT2D eigenvalue weighted by atomic mass is 10.0. The highest BCUT2D eigenvalue weighted by molar-refractivity contribution is 5.93. The zero-order valence-corrected chi connectivity index (χ0v) is 16.4. The number of hydrogen-bond donors (Lipinski definition) is 2. The second kappa shape index (κ2) is 8.10. The summed E-state index contributed by atoms with van der Waals surface area (Å²) in [5.74, 6) is 4.85. The van der Waals surface area contributed by atoms with Crippen LogP contribution in [0.1, 0.15) is 22.5 Å². The van der Waals surface area contributed by atoms with Crippen molar-refractivity contribution in [2.75, 3.05) is 31.8 Å². The number of aromatic nitrogens is 2. The fourth-order valence-electron chi connectivity index (χ4n) is 3.21. The first-order valence-corrected chi connectivity index (χ1v) is 9.51. The molecule has 154 valence electrons. The van der Waals surface area contributed by atoms with Crippen molar-refractivity contribution in [2.45, 2.75) is 18.1 Å². The quantitative estimate of drug-likeness (QED) is 0.541. The van der Waals surface area contributed by atoms with E-state index >= 15 is 0 Å². The van der Waals surface area contributed by atoms with Crippen LogP contribution >= 0.6 is 0 Å². The van der Waals surface area contributed by atoms with Crippen LogP contribution < -0.4 is 10.4 Å². The zero-order chi connectivity index (χ0) is 21.1. The van der Waals surface area contributed by atoms with Gasteiger partial charge in [-0.3, -0.25) is 20.0 Å². The Morgan fingerprint density at radius 1 is 1.40 bits per heavy atom. The summed E-state index contributed by atoms with van der Waals surface area (Å²) in [6, 6.07) is 8.71. The van der Waals surface area contributed by atoms with E-state index < -0.39 is 11.5 Å². The molecule has 2 saturated heterocycles. The van der Waals surface area contributed by atoms with Gasteiger partial charge in [-0.25, -0.2) is 9.97 Å². The summed E-state index contributed by atoms with van der Waals surface area (Å²) in [7, 11) is 1.64. The van der Waals surface area contributed by atoms with Crippen LogP contribution in [0.25, 0.3) is 0 Å². The summed E-state index contributed by atoms with van der Waals surface area (Å²) in [6.45, 7) is 1.41. The molecule has 2 fully saturated rings. The van der Waals surface area contributed by atoms with Crippen molar-refractivity contribution in [1.82, 2.24) is 20.3 Å². The maximum atomic E-state index is 12.6. The smallest absolute Gasteiger partial charge is 0.288 e. The van der Waals surface area contributed by atoms with Gasteiger partial charge >= 0.3 is 0 Å². The minimum Gasteiger partial charge on any atom is -0.377 e. The lowest BCUT2D eigenvalue weighted by molar-refractivity contribution is -0.137. The molecule has 9 heteroatoms. The number of hydrazine groups is 1. The Hall–Kier alpha value is -3.48. The van der Waals surface area contributed by atoms with Gasteiger partial charge in [-0.05, 0) is 24.3 Å². The third-order valence-corrected chi connectivity index (χ3v) is 5.07. The average Bonchev–Trinajstić information content (AvgIpc) is 2.99. The fourth-order valence-corrected chi connectivity index (χ4v) is 3.21. The number of ether oxygens (including phenoxy) is 1. The fraction of sp³-hybridized carbons (Fsp3) is 0.333. The number of rotatable bonds is 4. The Labute approximate surface area is 173 Å². The Bertz CT molecular complexity index is 1010. The van der Waals surface area contributed by atoms with Crippen LogP contribution in [0.4, 0.5) is 5.69 Å². The molecule has 1 aromatic carbocycles. The van der Waals surface area contributed by atoms with Gasteiger partial charge in [0.2, 0.25) is 5.60 Å². The van der Waals surface area contributed by atoms with E-state index in [0.717, 1.165) is 0 Å². The van der Waals surface area contributed by atoms with Crippen LogP contribution in [0.3, 0.4) is 0 Å². The SMILES string of the molecule is CN1CC[C@@](O)(C#Cc2cccc(N(NC(=O)c3ccncn3)C3COC3)c2)C1=O. The number of nitrogens with one attached hydrogen (secondary N) is 1. The molecule has 2 N–H and O–H groups in total. The highest BCUT2D eigenvalue weighted by Gasteiger charge is 2.42. The molecule has 0 aliphatic carbocycles. The number of carbonyl (C=O) groups excluding carboxylic acids is 2. The standard InChI is InChI=1S/C21H21N5O4/c1-25-10-8-21(29,20(25)28)7-5-15-3-2-4-16(11-15)26(17-12-30-13-17)24-19(27)18-6-9-22-14-23-18/h2-4,6,9,11,14,17,29H,8,10,12-13H2,1H3,(H,24,27)/t21-/m0/s1. The number of hydrogen-bond acceptors (Lipinski definition) is 7. The first-order valence-electron chi connectivity index (χ1n) is 9.51. The molecule has 3 heterocycles. The van der Waals surface area contributed by atoms with Crippen molar-refractivity contribution in [2.24, 2.45) is 0 Å². The van der Waals surface area contributed by atoms with Crippen molar-refractivity contribution in [3.63, 3.8) is 0 Å². The third-order valence-electron chi connectivity index (χ3n) is 5.07. The number of likely N-dealkylation sites (N-methyl/N-ethyl adjacent to an activating group) is 1. The third kappa shape index (κ3) is 3.96. The second-order valence-corrected chi connectivity index (χ2v) is 7.23. The van der Waals surface area contributed by atoms with Gasteiger partial charge in [-0.2, -0.15) is 0 Å². The van der Waals surface area contributed by atoms with Crippen LogP contribution in [0.5, 0.6) is 0 Å². The van der Waals surface area contributed by atoms with Crippen LogP contribution in [0.15, 0.2) is 42.9 Å². The van der Waals surface area contributed by atoms with E-state index in [-0.39, 0.29) is 24.1 Å². The van der Waals surface area contributed by atoms with E-state index in [1.54, 1.807) is 30.3 Å². The van der Waals surface area contributed by atoms with E-state index in [1.807, 2.05) is 6.07 Å². The van der Waals surface area contributed by atoms with E-state index in [9.17, 15) is 14.7 Å². The second-order valence-electron chi connectivity index (χ2n) is 7.23. The summed E-state index contributed by atoms with van der Waals surface area (Å²) >= 11 is 0. The molecular formula is C21H21N5O4. The number of amides is 2. The van der Waals surface area contributed by atoms with Crippen molar-refractivity contribution in [1.29, 1.82) is 0 Å². The van der Waals surface area contributed by atoms with E-state index in [1.165, 1.54) is 23.5 Å². The number of benzene rings is 1. The number of aliphatic hydroxyl groups is 1. The topological polar surface area (TPSA) is 108 Å². The predicted molar refractivity (Wildman–Crippen MR) is 107 cm³/mol. The highest BCUT2D eigenvalue weighted by atomic mass is 16.5. The van der Waals surface area contributed by atoms with Crippen molar-refractivity contribution in [3.8, 4) is 11.8 Å². The number of carbonyl (C=O) groups is 2. The molecule has 4 rings (SSSR count). The summed E-state index contributed by atoms with van der Waals surface area (Å²) < 4.78 is 5.28. The minimum absolute atomic E-state index is 0.0340. The molecule has 2 aliphatic heterocycles. The Balaban J connectivity index is 1.57. The van der Waals surface area contributed by atoms with Crippen LogP contribution in [0, 0.1) is 11.8 Å². The Morgan fingerprint density at radius 2 is 2.23 bits per heavy atom. The van der Waals surface area contributed by atoms with Gasteiger partial charge in [0.25, 0.3) is 11.8 Å². The molecule has 2 aromatic rings. The van der Waals surface area contributed by atoms with Gasteiger partial charge < -0.3 is 14.7 Å². The van der Waals surface area contributed by atoms with Crippen LogP contribution in [-0.4, -0.2) is 70.2 Å². The maximum Gasteiger partial charge on any atom is 0.288 e. The molecule has 30 heavy (non-hydrogen) atoms. The van der Waals surface area contributed by atoms with E-state index in [2.05, 4.69) is 27.2 Å². The van der Waals surface area contributed by atoms with Gasteiger partial charge in [-0.1, -0.05) is 17.9 Å². The monoisotopic (exact) mass is 407 g/mol. The molecule has 1 atom stereocenters. The molecule has 2 amide bonds. The largest absolute Gasteiger partial charge is 0.377 e. The molecule has 9 nitrogen and oxygen atoms in total. The summed E-state index contributed by atoms with van der Waals surface area (Å²) in [4.78, 5) is 33.9. The predicted octanol–water partition coefficient (Wildman–Crippen LogP) is -0.0285. The molecule has 2 aliphatic rings. The number of likely N-dealkylation sites (tertiary alicyclic amines) is 1. The molecular weight excluding hydrogens is 386 g/mol. The van der Waals surface area contributed by atoms with Crippen LogP contribution in [0.2, 0.25) is 0 Å². The average molecular weight is 407 g/mol.